The fourth-order valence-corrected chi connectivity index (χ4v) is 3.52. The summed E-state index contributed by atoms with van der Waals surface area (Å²) >= 11 is 5.24. The Morgan fingerprint density at radius 3 is 2.37 bits per heavy atom. The molecule has 10 nitrogen and oxygen atoms in total. The molecule has 1 aromatic carbocycles. The summed E-state index contributed by atoms with van der Waals surface area (Å²) in [5.41, 5.74) is 1.34. The number of anilines is 3. The molecular formula is C18H18N6O4S2. The van der Waals surface area contributed by atoms with Crippen molar-refractivity contribution in [3.8, 4) is 11.9 Å². The summed E-state index contributed by atoms with van der Waals surface area (Å²) in [5.74, 6) is 0.177. The van der Waals surface area contributed by atoms with Gasteiger partial charge in [-0.2, -0.15) is 9.97 Å². The summed E-state index contributed by atoms with van der Waals surface area (Å²) < 4.78 is 37.6. The number of hydrogen-bond acceptors (Lipinski definition) is 8. The topological polar surface area (TPSA) is 127 Å². The van der Waals surface area contributed by atoms with Gasteiger partial charge in [0.15, 0.2) is 10.9 Å². The Hall–Kier alpha value is -3.51. The van der Waals surface area contributed by atoms with Crippen molar-refractivity contribution >= 4 is 44.5 Å². The number of rotatable bonds is 7. The third kappa shape index (κ3) is 5.52. The first-order chi connectivity index (χ1) is 14.4. The SMILES string of the molecule is COc1cc(NS(=O)(=O)c2ccc(NC(=S)Nc3cccnc3)cc2)nc(OC)n1. The molecule has 3 aromatic rings. The molecule has 3 N–H and O–H groups in total. The zero-order chi connectivity index (χ0) is 21.6. The molecule has 0 atom stereocenters. The van der Waals surface area contributed by atoms with Crippen molar-refractivity contribution in [2.45, 2.75) is 4.90 Å². The van der Waals surface area contributed by atoms with Gasteiger partial charge in [0, 0.05) is 18.0 Å². The predicted molar refractivity (Wildman–Crippen MR) is 116 cm³/mol. The minimum absolute atomic E-state index is 0.0164. The van der Waals surface area contributed by atoms with Crippen LogP contribution in [0.5, 0.6) is 11.9 Å². The molecule has 0 unspecified atom stereocenters. The predicted octanol–water partition coefficient (Wildman–Crippen LogP) is 2.50. The maximum atomic E-state index is 12.7. The summed E-state index contributed by atoms with van der Waals surface area (Å²) in [7, 11) is -1.12. The number of nitrogens with one attached hydrogen (secondary N) is 3. The first kappa shape index (κ1) is 21.2. The van der Waals surface area contributed by atoms with Crippen LogP contribution in [0.4, 0.5) is 17.2 Å². The van der Waals surface area contributed by atoms with Crippen LogP contribution < -0.4 is 24.8 Å². The molecule has 12 heteroatoms. The van der Waals surface area contributed by atoms with Gasteiger partial charge in [-0.3, -0.25) is 9.71 Å². The number of hydrogen-bond donors (Lipinski definition) is 3. The Labute approximate surface area is 178 Å². The lowest BCUT2D eigenvalue weighted by Gasteiger charge is -2.12. The lowest BCUT2D eigenvalue weighted by Crippen LogP contribution is -2.19. The van der Waals surface area contributed by atoms with E-state index < -0.39 is 10.0 Å². The lowest BCUT2D eigenvalue weighted by atomic mass is 10.3. The molecule has 2 heterocycles. The van der Waals surface area contributed by atoms with Crippen molar-refractivity contribution in [3.63, 3.8) is 0 Å². The summed E-state index contributed by atoms with van der Waals surface area (Å²) in [6.07, 6.45) is 3.29. The third-order valence-electron chi connectivity index (χ3n) is 3.65. The summed E-state index contributed by atoms with van der Waals surface area (Å²) in [6.45, 7) is 0. The van der Waals surface area contributed by atoms with Crippen LogP contribution >= 0.6 is 12.2 Å². The third-order valence-corrected chi connectivity index (χ3v) is 5.23. The highest BCUT2D eigenvalue weighted by Gasteiger charge is 2.17. The van der Waals surface area contributed by atoms with E-state index in [2.05, 4.69) is 30.3 Å². The normalized spacial score (nSPS) is 10.7. The molecule has 0 aliphatic heterocycles. The minimum Gasteiger partial charge on any atom is -0.481 e. The van der Waals surface area contributed by atoms with Gasteiger partial charge < -0.3 is 20.1 Å². The molecule has 0 fully saturated rings. The minimum atomic E-state index is -3.89. The van der Waals surface area contributed by atoms with E-state index in [9.17, 15) is 8.42 Å². The van der Waals surface area contributed by atoms with Crippen LogP contribution in [0.3, 0.4) is 0 Å². The molecule has 0 saturated heterocycles. The summed E-state index contributed by atoms with van der Waals surface area (Å²) in [5, 5.41) is 6.30. The van der Waals surface area contributed by atoms with E-state index in [1.807, 2.05) is 6.07 Å². The van der Waals surface area contributed by atoms with Gasteiger partial charge >= 0.3 is 6.01 Å². The standard InChI is InChI=1S/C18H18N6O4S2/c1-27-16-10-15(22-17(23-16)28-2)24-30(25,26)14-7-5-12(6-8-14)20-18(29)21-13-4-3-9-19-11-13/h3-11H,1-2H3,(H2,20,21,29)(H,22,23,24). The molecular weight excluding hydrogens is 428 g/mol. The number of thiocarbonyl (C=S) groups is 1. The van der Waals surface area contributed by atoms with Crippen molar-refractivity contribution < 1.29 is 17.9 Å². The van der Waals surface area contributed by atoms with Gasteiger partial charge in [-0.25, -0.2) is 8.42 Å². The largest absolute Gasteiger partial charge is 0.481 e. The van der Waals surface area contributed by atoms with E-state index in [0.29, 0.717) is 10.8 Å². The lowest BCUT2D eigenvalue weighted by molar-refractivity contribution is 0.353. The Balaban J connectivity index is 1.69. The fraction of sp³-hybridized carbons (Fsp3) is 0.111. The average molecular weight is 447 g/mol. The maximum absolute atomic E-state index is 12.7. The van der Waals surface area contributed by atoms with E-state index in [4.69, 9.17) is 21.7 Å². The molecule has 0 saturated carbocycles. The van der Waals surface area contributed by atoms with Gasteiger partial charge in [0.2, 0.25) is 5.88 Å². The Morgan fingerprint density at radius 1 is 1.00 bits per heavy atom. The number of pyridine rings is 1. The number of sulfonamides is 1. The van der Waals surface area contributed by atoms with Crippen LogP contribution in [-0.4, -0.2) is 42.7 Å². The highest BCUT2D eigenvalue weighted by atomic mass is 32.2. The van der Waals surface area contributed by atoms with E-state index in [1.165, 1.54) is 32.4 Å². The molecule has 0 aliphatic rings. The van der Waals surface area contributed by atoms with Crippen molar-refractivity contribution in [1.82, 2.24) is 15.0 Å². The number of aromatic nitrogens is 3. The maximum Gasteiger partial charge on any atom is 0.321 e. The Kier molecular flexibility index (Phi) is 6.59. The molecule has 0 spiro atoms. The highest BCUT2D eigenvalue weighted by Crippen LogP contribution is 2.21. The molecule has 156 valence electrons. The number of benzene rings is 1. The van der Waals surface area contributed by atoms with Crippen molar-refractivity contribution in [2.75, 3.05) is 29.6 Å². The van der Waals surface area contributed by atoms with Crippen LogP contribution in [0.1, 0.15) is 0 Å². The molecule has 0 radical (unpaired) electrons. The van der Waals surface area contributed by atoms with Gasteiger partial charge in [-0.05, 0) is 48.6 Å². The van der Waals surface area contributed by atoms with Crippen LogP contribution in [0, 0.1) is 0 Å². The monoisotopic (exact) mass is 446 g/mol. The first-order valence-corrected chi connectivity index (χ1v) is 10.4. The number of nitrogens with zero attached hydrogens (tertiary/aromatic N) is 3. The Morgan fingerprint density at radius 2 is 1.73 bits per heavy atom. The molecule has 30 heavy (non-hydrogen) atoms. The van der Waals surface area contributed by atoms with E-state index in [-0.39, 0.29) is 22.6 Å². The van der Waals surface area contributed by atoms with Crippen LogP contribution in [0.25, 0.3) is 0 Å². The van der Waals surface area contributed by atoms with Crippen molar-refractivity contribution in [3.05, 3.63) is 54.9 Å². The molecule has 0 amide bonds. The fourth-order valence-electron chi connectivity index (χ4n) is 2.30. The van der Waals surface area contributed by atoms with Gasteiger partial charge in [0.1, 0.15) is 0 Å². The van der Waals surface area contributed by atoms with Gasteiger partial charge in [0.05, 0.1) is 31.0 Å². The van der Waals surface area contributed by atoms with Crippen molar-refractivity contribution in [1.29, 1.82) is 0 Å². The second-order valence-electron chi connectivity index (χ2n) is 5.73. The summed E-state index contributed by atoms with van der Waals surface area (Å²) in [4.78, 5) is 11.9. The highest BCUT2D eigenvalue weighted by molar-refractivity contribution is 7.92. The van der Waals surface area contributed by atoms with Crippen LogP contribution in [0.15, 0.2) is 59.8 Å². The van der Waals surface area contributed by atoms with Gasteiger partial charge in [-0.15, -0.1) is 0 Å². The molecule has 0 aliphatic carbocycles. The van der Waals surface area contributed by atoms with Crippen molar-refractivity contribution in [2.24, 2.45) is 0 Å². The average Bonchev–Trinajstić information content (AvgIpc) is 2.74. The summed E-state index contributed by atoms with van der Waals surface area (Å²) in [6, 6.07) is 11.0. The molecule has 3 rings (SSSR count). The van der Waals surface area contributed by atoms with E-state index in [0.717, 1.165) is 5.69 Å². The van der Waals surface area contributed by atoms with Gasteiger partial charge in [-0.1, -0.05) is 0 Å². The van der Waals surface area contributed by atoms with Gasteiger partial charge in [0.25, 0.3) is 10.0 Å². The zero-order valence-electron chi connectivity index (χ0n) is 16.0. The smallest absolute Gasteiger partial charge is 0.321 e. The zero-order valence-corrected chi connectivity index (χ0v) is 17.6. The van der Waals surface area contributed by atoms with E-state index >= 15 is 0 Å². The second-order valence-corrected chi connectivity index (χ2v) is 7.82. The van der Waals surface area contributed by atoms with E-state index in [1.54, 1.807) is 30.6 Å². The quantitative estimate of drug-likeness (QED) is 0.466. The van der Waals surface area contributed by atoms with Crippen LogP contribution in [-0.2, 0) is 10.0 Å². The van der Waals surface area contributed by atoms with Crippen LogP contribution in [0.2, 0.25) is 0 Å². The Bertz CT molecular complexity index is 1100. The second kappa shape index (κ2) is 9.33. The number of methoxy groups -OCH3 is 2. The molecule has 2 aromatic heterocycles. The number of ether oxygens (including phenoxy) is 2. The first-order valence-electron chi connectivity index (χ1n) is 8.47. The molecule has 0 bridgehead atoms.